The van der Waals surface area contributed by atoms with Gasteiger partial charge in [0, 0.05) is 18.4 Å². The lowest BCUT2D eigenvalue weighted by atomic mass is 10.1. The molecule has 2 aromatic rings. The number of carboxylic acid groups (broad SMARTS) is 1. The topological polar surface area (TPSA) is 88.0 Å². The summed E-state index contributed by atoms with van der Waals surface area (Å²) in [5, 5.41) is 16.2. The van der Waals surface area contributed by atoms with Gasteiger partial charge in [-0.2, -0.15) is 5.10 Å². The standard InChI is InChI=1S/C15H19N3O3/c1-9-6-8-18(14(19)13(9)15(20)21)7-4-5-12-10(2)16-17-11(12)3/h6,8H,4-5,7H2,1-3H3,(H,16,17)(H,20,21). The molecule has 0 saturated heterocycles. The van der Waals surface area contributed by atoms with Crippen LogP contribution in [0.5, 0.6) is 0 Å². The van der Waals surface area contributed by atoms with E-state index in [1.165, 1.54) is 4.57 Å². The number of aryl methyl sites for hydroxylation is 4. The molecule has 0 bridgehead atoms. The van der Waals surface area contributed by atoms with E-state index in [4.69, 9.17) is 5.11 Å². The zero-order valence-electron chi connectivity index (χ0n) is 12.4. The lowest BCUT2D eigenvalue weighted by Gasteiger charge is -2.08. The van der Waals surface area contributed by atoms with Gasteiger partial charge in [-0.15, -0.1) is 0 Å². The van der Waals surface area contributed by atoms with Crippen LogP contribution in [-0.4, -0.2) is 25.8 Å². The smallest absolute Gasteiger partial charge is 0.341 e. The molecule has 2 aromatic heterocycles. The molecule has 112 valence electrons. The highest BCUT2D eigenvalue weighted by Crippen LogP contribution is 2.12. The average molecular weight is 289 g/mol. The van der Waals surface area contributed by atoms with E-state index in [-0.39, 0.29) is 5.56 Å². The first-order valence-corrected chi connectivity index (χ1v) is 6.85. The second kappa shape index (κ2) is 5.95. The predicted octanol–water partition coefficient (Wildman–Crippen LogP) is 1.83. The van der Waals surface area contributed by atoms with Crippen LogP contribution in [0.15, 0.2) is 17.1 Å². The molecule has 0 amide bonds. The maximum absolute atomic E-state index is 12.1. The highest BCUT2D eigenvalue weighted by molar-refractivity contribution is 5.88. The Balaban J connectivity index is 2.13. The van der Waals surface area contributed by atoms with Crippen LogP contribution in [0.25, 0.3) is 0 Å². The summed E-state index contributed by atoms with van der Waals surface area (Å²) in [6.45, 7) is 6.03. The van der Waals surface area contributed by atoms with E-state index in [2.05, 4.69) is 10.2 Å². The largest absolute Gasteiger partial charge is 0.477 e. The van der Waals surface area contributed by atoms with E-state index in [9.17, 15) is 9.59 Å². The average Bonchev–Trinajstić information content (AvgIpc) is 2.72. The number of nitrogens with one attached hydrogen (secondary N) is 1. The molecular weight excluding hydrogens is 270 g/mol. The Kier molecular flexibility index (Phi) is 4.26. The van der Waals surface area contributed by atoms with E-state index in [1.54, 1.807) is 19.2 Å². The number of carboxylic acids is 1. The number of pyridine rings is 1. The third kappa shape index (κ3) is 3.04. The van der Waals surface area contributed by atoms with Crippen LogP contribution in [0, 0.1) is 20.8 Å². The van der Waals surface area contributed by atoms with E-state index < -0.39 is 11.5 Å². The minimum absolute atomic E-state index is 0.145. The van der Waals surface area contributed by atoms with Crippen molar-refractivity contribution < 1.29 is 9.90 Å². The lowest BCUT2D eigenvalue weighted by Crippen LogP contribution is -2.27. The van der Waals surface area contributed by atoms with Gasteiger partial charge in [-0.05, 0) is 50.8 Å². The Hall–Kier alpha value is -2.37. The highest BCUT2D eigenvalue weighted by atomic mass is 16.4. The number of hydrogen-bond acceptors (Lipinski definition) is 3. The van der Waals surface area contributed by atoms with Crippen LogP contribution in [0.4, 0.5) is 0 Å². The number of aromatic carboxylic acids is 1. The zero-order valence-corrected chi connectivity index (χ0v) is 12.4. The number of aromatic nitrogens is 3. The third-order valence-electron chi connectivity index (χ3n) is 3.69. The number of carbonyl (C=O) groups is 1. The summed E-state index contributed by atoms with van der Waals surface area (Å²) < 4.78 is 1.46. The number of hydrogen-bond donors (Lipinski definition) is 2. The minimum atomic E-state index is -1.17. The fourth-order valence-corrected chi connectivity index (χ4v) is 2.47. The van der Waals surface area contributed by atoms with Crippen molar-refractivity contribution in [3.63, 3.8) is 0 Å². The van der Waals surface area contributed by atoms with Gasteiger partial charge in [-0.25, -0.2) is 4.79 Å². The number of rotatable bonds is 5. The molecule has 0 spiro atoms. The van der Waals surface area contributed by atoms with E-state index in [0.29, 0.717) is 12.1 Å². The molecular formula is C15H19N3O3. The van der Waals surface area contributed by atoms with E-state index >= 15 is 0 Å². The summed E-state index contributed by atoms with van der Waals surface area (Å²) in [5.41, 5.74) is 3.07. The summed E-state index contributed by atoms with van der Waals surface area (Å²) in [7, 11) is 0. The first-order valence-electron chi connectivity index (χ1n) is 6.85. The van der Waals surface area contributed by atoms with Gasteiger partial charge in [-0.3, -0.25) is 9.89 Å². The summed E-state index contributed by atoms with van der Waals surface area (Å²) >= 11 is 0. The van der Waals surface area contributed by atoms with Crippen molar-refractivity contribution >= 4 is 5.97 Å². The molecule has 0 aliphatic heterocycles. The molecule has 21 heavy (non-hydrogen) atoms. The van der Waals surface area contributed by atoms with Gasteiger partial charge < -0.3 is 9.67 Å². The quantitative estimate of drug-likeness (QED) is 0.879. The molecule has 0 atom stereocenters. The van der Waals surface area contributed by atoms with Crippen molar-refractivity contribution in [3.8, 4) is 0 Å². The normalized spacial score (nSPS) is 10.8. The van der Waals surface area contributed by atoms with Crippen molar-refractivity contribution in [2.24, 2.45) is 0 Å². The van der Waals surface area contributed by atoms with Gasteiger partial charge in [0.05, 0.1) is 5.69 Å². The molecule has 0 aromatic carbocycles. The summed E-state index contributed by atoms with van der Waals surface area (Å²) in [4.78, 5) is 23.2. The molecule has 0 unspecified atom stereocenters. The second-order valence-corrected chi connectivity index (χ2v) is 5.19. The van der Waals surface area contributed by atoms with Gasteiger partial charge in [0.25, 0.3) is 5.56 Å². The SMILES string of the molecule is Cc1ccn(CCCc2c(C)n[nH]c2C)c(=O)c1C(=O)O. The minimum Gasteiger partial charge on any atom is -0.477 e. The molecule has 2 heterocycles. The molecule has 6 nitrogen and oxygen atoms in total. The van der Waals surface area contributed by atoms with Crippen molar-refractivity contribution in [1.82, 2.24) is 14.8 Å². The predicted molar refractivity (Wildman–Crippen MR) is 78.8 cm³/mol. The van der Waals surface area contributed by atoms with Crippen LogP contribution < -0.4 is 5.56 Å². The van der Waals surface area contributed by atoms with Crippen LogP contribution in [0.3, 0.4) is 0 Å². The van der Waals surface area contributed by atoms with Crippen LogP contribution >= 0.6 is 0 Å². The monoisotopic (exact) mass is 289 g/mol. The fourth-order valence-electron chi connectivity index (χ4n) is 2.47. The van der Waals surface area contributed by atoms with Crippen molar-refractivity contribution in [3.05, 3.63) is 50.7 Å². The molecule has 2 N–H and O–H groups in total. The van der Waals surface area contributed by atoms with Crippen LogP contribution in [-0.2, 0) is 13.0 Å². The van der Waals surface area contributed by atoms with Gasteiger partial charge in [0.1, 0.15) is 5.56 Å². The molecule has 2 rings (SSSR count). The lowest BCUT2D eigenvalue weighted by molar-refractivity contribution is 0.0693. The summed E-state index contributed by atoms with van der Waals surface area (Å²) in [5.74, 6) is -1.17. The molecule has 6 heteroatoms. The van der Waals surface area contributed by atoms with Crippen molar-refractivity contribution in [2.75, 3.05) is 0 Å². The first kappa shape index (κ1) is 15.0. The molecule has 0 fully saturated rings. The molecule has 0 saturated carbocycles. The first-order chi connectivity index (χ1) is 9.91. The van der Waals surface area contributed by atoms with E-state index in [1.807, 2.05) is 13.8 Å². The zero-order chi connectivity index (χ0) is 15.6. The second-order valence-electron chi connectivity index (χ2n) is 5.19. The van der Waals surface area contributed by atoms with Gasteiger partial charge in [0.2, 0.25) is 0 Å². The molecule has 0 aliphatic rings. The Morgan fingerprint density at radius 1 is 1.38 bits per heavy atom. The number of nitrogens with zero attached hydrogens (tertiary/aromatic N) is 2. The maximum atomic E-state index is 12.1. The number of H-pyrrole nitrogens is 1. The fraction of sp³-hybridized carbons (Fsp3) is 0.400. The summed E-state index contributed by atoms with van der Waals surface area (Å²) in [6, 6.07) is 1.67. The van der Waals surface area contributed by atoms with Crippen molar-refractivity contribution in [2.45, 2.75) is 40.2 Å². The molecule has 0 aliphatic carbocycles. The van der Waals surface area contributed by atoms with Crippen molar-refractivity contribution in [1.29, 1.82) is 0 Å². The van der Waals surface area contributed by atoms with Gasteiger partial charge in [-0.1, -0.05) is 0 Å². The van der Waals surface area contributed by atoms with Gasteiger partial charge >= 0.3 is 5.97 Å². The van der Waals surface area contributed by atoms with Crippen LogP contribution in [0.1, 0.15) is 39.3 Å². The summed E-state index contributed by atoms with van der Waals surface area (Å²) in [6.07, 6.45) is 3.21. The Bertz CT molecular complexity index is 709. The third-order valence-corrected chi connectivity index (χ3v) is 3.69. The number of aromatic amines is 1. The molecule has 0 radical (unpaired) electrons. The Morgan fingerprint density at radius 3 is 2.67 bits per heavy atom. The van der Waals surface area contributed by atoms with Crippen LogP contribution in [0.2, 0.25) is 0 Å². The van der Waals surface area contributed by atoms with E-state index in [0.717, 1.165) is 29.8 Å². The Morgan fingerprint density at radius 2 is 2.10 bits per heavy atom. The Labute approximate surface area is 122 Å². The highest BCUT2D eigenvalue weighted by Gasteiger charge is 2.14. The maximum Gasteiger partial charge on any atom is 0.341 e. The van der Waals surface area contributed by atoms with Gasteiger partial charge in [0.15, 0.2) is 0 Å².